The zero-order valence-electron chi connectivity index (χ0n) is 21.2. The predicted molar refractivity (Wildman–Crippen MR) is 161 cm³/mol. The van der Waals surface area contributed by atoms with Gasteiger partial charge >= 0.3 is 0 Å². The minimum atomic E-state index is -2.41. The van der Waals surface area contributed by atoms with Crippen molar-refractivity contribution in [3.8, 4) is 28.2 Å². The van der Waals surface area contributed by atoms with Gasteiger partial charge in [0.1, 0.15) is 35.2 Å². The second-order valence-electron chi connectivity index (χ2n) is 9.10. The molecular weight excluding hydrogens is 483 g/mol. The van der Waals surface area contributed by atoms with Crippen LogP contribution in [0.25, 0.3) is 22.5 Å². The van der Waals surface area contributed by atoms with Gasteiger partial charge in [0, 0.05) is 5.56 Å². The smallest absolute Gasteiger partial charge is 0.177 e. The number of ether oxygens (including phenoxy) is 1. The van der Waals surface area contributed by atoms with Crippen molar-refractivity contribution in [2.45, 2.75) is 0 Å². The van der Waals surface area contributed by atoms with Crippen LogP contribution in [0.3, 0.4) is 0 Å². The zero-order valence-corrected chi connectivity index (χ0v) is 22.1. The van der Waals surface area contributed by atoms with Crippen molar-refractivity contribution >= 4 is 28.5 Å². The number of furan rings is 1. The van der Waals surface area contributed by atoms with E-state index < -0.39 is 7.26 Å². The Morgan fingerprint density at radius 1 is 0.500 bits per heavy atom. The molecule has 0 saturated carbocycles. The van der Waals surface area contributed by atoms with Crippen LogP contribution in [-0.2, 0) is 0 Å². The Morgan fingerprint density at radius 3 is 1.39 bits per heavy atom. The fourth-order valence-electron chi connectivity index (χ4n) is 5.24. The quantitative estimate of drug-likeness (QED) is 0.211. The number of benzene rings is 5. The molecule has 0 spiro atoms. The summed E-state index contributed by atoms with van der Waals surface area (Å²) in [5.41, 5.74) is 3.25. The zero-order chi connectivity index (χ0) is 25.8. The van der Waals surface area contributed by atoms with E-state index in [1.54, 1.807) is 7.11 Å². The Morgan fingerprint density at radius 2 is 0.947 bits per heavy atom. The van der Waals surface area contributed by atoms with Crippen molar-refractivity contribution in [2.75, 3.05) is 7.11 Å². The molecule has 0 radical (unpaired) electrons. The summed E-state index contributed by atoms with van der Waals surface area (Å²) >= 11 is 0. The summed E-state index contributed by atoms with van der Waals surface area (Å²) in [7, 11) is -0.711. The molecule has 3 heteroatoms. The van der Waals surface area contributed by atoms with E-state index in [0.29, 0.717) is 0 Å². The van der Waals surface area contributed by atoms with Crippen LogP contribution in [0.2, 0.25) is 0 Å². The third kappa shape index (κ3) is 4.14. The van der Waals surface area contributed by atoms with Crippen molar-refractivity contribution in [3.05, 3.63) is 152 Å². The maximum absolute atomic E-state index is 6.56. The average Bonchev–Trinajstić information content (AvgIpc) is 3.45. The molecule has 6 aromatic rings. The molecule has 0 aliphatic carbocycles. The van der Waals surface area contributed by atoms with E-state index in [9.17, 15) is 0 Å². The van der Waals surface area contributed by atoms with Gasteiger partial charge in [-0.2, -0.15) is 0 Å². The minimum Gasteiger partial charge on any atom is -0.497 e. The summed E-state index contributed by atoms with van der Waals surface area (Å²) < 4.78 is 12.0. The lowest BCUT2D eigenvalue weighted by Crippen LogP contribution is -2.39. The van der Waals surface area contributed by atoms with Crippen LogP contribution >= 0.6 is 7.26 Å². The topological polar surface area (TPSA) is 22.4 Å². The van der Waals surface area contributed by atoms with Gasteiger partial charge in [-0.1, -0.05) is 97.1 Å². The molecule has 0 bridgehead atoms. The van der Waals surface area contributed by atoms with E-state index in [4.69, 9.17) is 9.15 Å². The summed E-state index contributed by atoms with van der Waals surface area (Å²) in [4.78, 5) is 0. The fraction of sp³-hybridized carbons (Fsp3) is 0.0286. The van der Waals surface area contributed by atoms with Crippen molar-refractivity contribution in [2.24, 2.45) is 0 Å². The minimum absolute atomic E-state index is 0.831. The van der Waals surface area contributed by atoms with E-state index in [1.165, 1.54) is 21.2 Å². The van der Waals surface area contributed by atoms with Crippen LogP contribution in [0.5, 0.6) is 5.75 Å². The fourth-order valence-corrected chi connectivity index (χ4v) is 9.80. The Balaban J connectivity index is 1.79. The Bertz CT molecular complexity index is 1510. The van der Waals surface area contributed by atoms with E-state index in [1.807, 2.05) is 24.5 Å². The molecule has 184 valence electrons. The standard InChI is InChI=1S/C35H28O2P/c1-36-29-24-22-27(23-25-29)33-26-37-34(28-14-6-2-7-15-28)35(33)38(30-16-8-3-9-17-30,31-18-10-4-11-19-31)32-20-12-5-13-21-32/h2-26H,1H3/q+1. The molecule has 0 atom stereocenters. The van der Waals surface area contributed by atoms with Crippen molar-refractivity contribution < 1.29 is 9.15 Å². The highest BCUT2D eigenvalue weighted by atomic mass is 31.2. The number of methoxy groups -OCH3 is 1. The highest BCUT2D eigenvalue weighted by molar-refractivity contribution is 8.02. The monoisotopic (exact) mass is 511 g/mol. The molecule has 0 aliphatic heterocycles. The van der Waals surface area contributed by atoms with Crippen LogP contribution in [0, 0.1) is 0 Å². The van der Waals surface area contributed by atoms with E-state index in [-0.39, 0.29) is 0 Å². The molecule has 6 rings (SSSR count). The Kier molecular flexibility index (Phi) is 6.65. The normalized spacial score (nSPS) is 11.3. The summed E-state index contributed by atoms with van der Waals surface area (Å²) in [6, 6.07) is 51.5. The second-order valence-corrected chi connectivity index (χ2v) is 12.4. The second kappa shape index (κ2) is 10.5. The van der Waals surface area contributed by atoms with Crippen LogP contribution in [0.1, 0.15) is 0 Å². The molecule has 1 aromatic heterocycles. The Labute approximate surface area is 224 Å². The predicted octanol–water partition coefficient (Wildman–Crippen LogP) is 7.24. The number of hydrogen-bond donors (Lipinski definition) is 0. The maximum atomic E-state index is 6.56. The molecule has 38 heavy (non-hydrogen) atoms. The molecule has 5 aromatic carbocycles. The molecule has 0 fully saturated rings. The van der Waals surface area contributed by atoms with Gasteiger partial charge in [0.05, 0.1) is 12.7 Å². The summed E-state index contributed by atoms with van der Waals surface area (Å²) in [6.07, 6.45) is 1.93. The first kappa shape index (κ1) is 24.0. The van der Waals surface area contributed by atoms with Gasteiger partial charge in [-0.3, -0.25) is 0 Å². The highest BCUT2D eigenvalue weighted by Crippen LogP contribution is 2.58. The van der Waals surface area contributed by atoms with Crippen LogP contribution in [0.4, 0.5) is 0 Å². The molecule has 2 nitrogen and oxygen atoms in total. The van der Waals surface area contributed by atoms with Crippen LogP contribution in [-0.4, -0.2) is 7.11 Å². The lowest BCUT2D eigenvalue weighted by molar-refractivity contribution is 0.415. The van der Waals surface area contributed by atoms with Gasteiger partial charge in [-0.15, -0.1) is 0 Å². The average molecular weight is 512 g/mol. The van der Waals surface area contributed by atoms with Crippen molar-refractivity contribution in [1.29, 1.82) is 0 Å². The lowest BCUT2D eigenvalue weighted by atomic mass is 10.1. The Hall–Kier alpha value is -4.39. The van der Waals surface area contributed by atoms with Gasteiger partial charge in [-0.25, -0.2) is 0 Å². The van der Waals surface area contributed by atoms with Gasteiger partial charge in [0.25, 0.3) is 0 Å². The van der Waals surface area contributed by atoms with E-state index in [2.05, 4.69) is 127 Å². The summed E-state index contributed by atoms with van der Waals surface area (Å²) in [6.45, 7) is 0. The third-order valence-electron chi connectivity index (χ3n) is 6.97. The first-order chi connectivity index (χ1) is 18.8. The van der Waals surface area contributed by atoms with E-state index in [0.717, 1.165) is 28.2 Å². The molecule has 0 N–H and O–H groups in total. The number of hydrogen-bond acceptors (Lipinski definition) is 2. The third-order valence-corrected chi connectivity index (χ3v) is 11.3. The maximum Gasteiger partial charge on any atom is 0.177 e. The van der Waals surface area contributed by atoms with Gasteiger partial charge in [0.2, 0.25) is 0 Å². The van der Waals surface area contributed by atoms with Gasteiger partial charge in [-0.05, 0) is 54.1 Å². The molecule has 1 heterocycles. The first-order valence-corrected chi connectivity index (χ1v) is 14.5. The van der Waals surface area contributed by atoms with E-state index >= 15 is 0 Å². The lowest BCUT2D eigenvalue weighted by Gasteiger charge is -2.28. The molecule has 0 saturated heterocycles. The molecule has 0 aliphatic rings. The molecule has 0 amide bonds. The SMILES string of the molecule is COc1ccc(-c2coc(-c3ccccc3)c2[P+](c2ccccc2)(c2ccccc2)c2ccccc2)cc1. The highest BCUT2D eigenvalue weighted by Gasteiger charge is 2.52. The first-order valence-electron chi connectivity index (χ1n) is 12.7. The van der Waals surface area contributed by atoms with Crippen molar-refractivity contribution in [3.63, 3.8) is 0 Å². The molecular formula is C35H28O2P+. The van der Waals surface area contributed by atoms with Gasteiger partial charge in [0.15, 0.2) is 11.1 Å². The summed E-state index contributed by atoms with van der Waals surface area (Å²) in [5.74, 6) is 1.73. The summed E-state index contributed by atoms with van der Waals surface area (Å²) in [5, 5.41) is 5.07. The number of rotatable bonds is 7. The largest absolute Gasteiger partial charge is 0.497 e. The van der Waals surface area contributed by atoms with Crippen LogP contribution < -0.4 is 26.0 Å². The van der Waals surface area contributed by atoms with Gasteiger partial charge < -0.3 is 9.15 Å². The van der Waals surface area contributed by atoms with Crippen LogP contribution in [0.15, 0.2) is 156 Å². The molecule has 0 unspecified atom stereocenters. The van der Waals surface area contributed by atoms with Crippen molar-refractivity contribution in [1.82, 2.24) is 0 Å².